The molecule has 0 aromatic carbocycles. The van der Waals surface area contributed by atoms with Gasteiger partial charge in [-0.1, -0.05) is 50.5 Å². The zero-order valence-electron chi connectivity index (χ0n) is 18.5. The zero-order chi connectivity index (χ0) is 22.2. The van der Waals surface area contributed by atoms with E-state index in [-0.39, 0.29) is 23.4 Å². The van der Waals surface area contributed by atoms with Crippen LogP contribution < -0.4 is 0 Å². The maximum atomic E-state index is 13.2. The molecule has 0 aromatic rings. The normalized spacial score (nSPS) is 47.8. The van der Waals surface area contributed by atoms with Gasteiger partial charge in [-0.15, -0.1) is 0 Å². The molecule has 2 saturated carbocycles. The summed E-state index contributed by atoms with van der Waals surface area (Å²) in [5.41, 5.74) is -0.240. The third-order valence-electron chi connectivity index (χ3n) is 8.77. The van der Waals surface area contributed by atoms with Crippen LogP contribution in [0, 0.1) is 22.7 Å². The highest BCUT2D eigenvalue weighted by molar-refractivity contribution is 6.01. The second-order valence-corrected chi connectivity index (χ2v) is 10.3. The molecule has 1 aliphatic heterocycles. The van der Waals surface area contributed by atoms with Gasteiger partial charge in [-0.25, -0.2) is 0 Å². The molecule has 5 aliphatic rings. The molecule has 0 amide bonds. The number of ether oxygens (including phenoxy) is 2. The molecule has 3 fully saturated rings. The second-order valence-electron chi connectivity index (χ2n) is 10.3. The second kappa shape index (κ2) is 6.95. The van der Waals surface area contributed by atoms with Crippen LogP contribution in [0.15, 0.2) is 35.5 Å². The molecule has 1 heterocycles. The van der Waals surface area contributed by atoms with E-state index in [2.05, 4.69) is 13.0 Å². The molecule has 2 N–H and O–H groups in total. The van der Waals surface area contributed by atoms with Gasteiger partial charge in [0.2, 0.25) is 0 Å². The Morgan fingerprint density at radius 2 is 2.10 bits per heavy atom. The minimum atomic E-state index is -1.29. The van der Waals surface area contributed by atoms with Crippen molar-refractivity contribution < 1.29 is 29.3 Å². The maximum Gasteiger partial charge on any atom is 0.193 e. The SMILES string of the molecule is CCCC1O[C@H]2C=C3[C@@H]4CCC5=CC(=O)C=C[C@]5(C)[C@@H]4[C@@H](O)C[C@]3(C)[C@@]2(C(=O)CO)O1. The third kappa shape index (κ3) is 2.59. The van der Waals surface area contributed by atoms with E-state index in [4.69, 9.17) is 9.47 Å². The molecule has 6 heteroatoms. The summed E-state index contributed by atoms with van der Waals surface area (Å²) in [6.07, 6.45) is 9.13. The van der Waals surface area contributed by atoms with Crippen LogP contribution in [0.4, 0.5) is 0 Å². The Kier molecular flexibility index (Phi) is 4.76. The Hall–Kier alpha value is -1.60. The quantitative estimate of drug-likeness (QED) is 0.669. The Morgan fingerprint density at radius 3 is 2.81 bits per heavy atom. The van der Waals surface area contributed by atoms with Gasteiger partial charge >= 0.3 is 0 Å². The van der Waals surface area contributed by atoms with Crippen LogP contribution in [-0.4, -0.2) is 52.5 Å². The van der Waals surface area contributed by atoms with Crippen LogP contribution in [0.1, 0.15) is 52.9 Å². The fourth-order valence-corrected chi connectivity index (χ4v) is 7.41. The summed E-state index contributed by atoms with van der Waals surface area (Å²) in [7, 11) is 0. The first kappa shape index (κ1) is 21.3. The van der Waals surface area contributed by atoms with Crippen molar-refractivity contribution in [2.45, 2.75) is 77.0 Å². The number of carbonyl (C=O) groups excluding carboxylic acids is 2. The lowest BCUT2D eigenvalue weighted by Crippen LogP contribution is -2.62. The number of hydrogen-bond donors (Lipinski definition) is 2. The van der Waals surface area contributed by atoms with Crippen molar-refractivity contribution in [1.29, 1.82) is 0 Å². The lowest BCUT2D eigenvalue weighted by Gasteiger charge is -2.58. The van der Waals surface area contributed by atoms with Crippen LogP contribution in [-0.2, 0) is 19.1 Å². The molecule has 6 nitrogen and oxygen atoms in total. The van der Waals surface area contributed by atoms with Crippen molar-refractivity contribution in [3.63, 3.8) is 0 Å². The third-order valence-corrected chi connectivity index (χ3v) is 8.77. The Bertz CT molecular complexity index is 917. The Morgan fingerprint density at radius 1 is 1.32 bits per heavy atom. The number of ketones is 2. The number of rotatable bonds is 4. The first-order chi connectivity index (χ1) is 14.7. The molecule has 31 heavy (non-hydrogen) atoms. The van der Waals surface area contributed by atoms with E-state index in [9.17, 15) is 19.8 Å². The van der Waals surface area contributed by atoms with E-state index < -0.39 is 41.5 Å². The van der Waals surface area contributed by atoms with Gasteiger partial charge < -0.3 is 19.7 Å². The summed E-state index contributed by atoms with van der Waals surface area (Å²) in [5, 5.41) is 21.4. The average Bonchev–Trinajstić information content (AvgIpc) is 3.20. The van der Waals surface area contributed by atoms with E-state index >= 15 is 0 Å². The van der Waals surface area contributed by atoms with Crippen LogP contribution >= 0.6 is 0 Å². The van der Waals surface area contributed by atoms with Crippen molar-refractivity contribution >= 4 is 11.6 Å². The fraction of sp³-hybridized carbons (Fsp3) is 0.680. The lowest BCUT2D eigenvalue weighted by molar-refractivity contribution is -0.175. The standard InChI is InChI=1S/C25H32O6/c1-4-5-21-30-20-11-17-16-7-6-14-10-15(27)8-9-23(14,2)22(16)18(28)12-24(17,3)25(20,31-21)19(29)13-26/h8-11,16,18,20-22,26,28H,4-7,12-13H2,1-3H3/t16-,18-,20-,21?,22-,23-,24-,25-/m0/s1. The van der Waals surface area contributed by atoms with E-state index in [1.54, 1.807) is 12.2 Å². The maximum absolute atomic E-state index is 13.2. The van der Waals surface area contributed by atoms with Gasteiger partial charge in [0.15, 0.2) is 23.5 Å². The highest BCUT2D eigenvalue weighted by atomic mass is 16.7. The molecule has 1 unspecified atom stereocenters. The zero-order valence-corrected chi connectivity index (χ0v) is 18.5. The minimum absolute atomic E-state index is 0.00642. The molecular weight excluding hydrogens is 396 g/mol. The molecule has 0 bridgehead atoms. The molecule has 0 radical (unpaired) electrons. The summed E-state index contributed by atoms with van der Waals surface area (Å²) in [6, 6.07) is 0. The smallest absolute Gasteiger partial charge is 0.193 e. The summed E-state index contributed by atoms with van der Waals surface area (Å²) >= 11 is 0. The van der Waals surface area contributed by atoms with E-state index in [0.29, 0.717) is 12.8 Å². The summed E-state index contributed by atoms with van der Waals surface area (Å²) in [5.74, 6) is -0.393. The van der Waals surface area contributed by atoms with Crippen molar-refractivity contribution in [3.05, 3.63) is 35.5 Å². The van der Waals surface area contributed by atoms with Gasteiger partial charge in [-0.2, -0.15) is 0 Å². The molecular formula is C25H32O6. The van der Waals surface area contributed by atoms with Gasteiger partial charge in [0, 0.05) is 16.7 Å². The molecule has 4 aliphatic carbocycles. The monoisotopic (exact) mass is 428 g/mol. The van der Waals surface area contributed by atoms with Crippen LogP contribution in [0.5, 0.6) is 0 Å². The first-order valence-corrected chi connectivity index (χ1v) is 11.5. The number of fused-ring (bicyclic) bond motifs is 7. The average molecular weight is 429 g/mol. The Balaban J connectivity index is 1.59. The van der Waals surface area contributed by atoms with E-state index in [1.807, 2.05) is 19.9 Å². The predicted molar refractivity (Wildman–Crippen MR) is 113 cm³/mol. The molecule has 0 spiro atoms. The number of aliphatic hydroxyl groups is 2. The van der Waals surface area contributed by atoms with Crippen molar-refractivity contribution in [2.75, 3.05) is 6.61 Å². The molecule has 8 atom stereocenters. The fourth-order valence-electron chi connectivity index (χ4n) is 7.41. The van der Waals surface area contributed by atoms with Gasteiger partial charge in [0.25, 0.3) is 0 Å². The lowest BCUT2D eigenvalue weighted by atomic mass is 9.47. The highest BCUT2D eigenvalue weighted by Gasteiger charge is 2.72. The van der Waals surface area contributed by atoms with Crippen LogP contribution in [0.3, 0.4) is 0 Å². The van der Waals surface area contributed by atoms with Crippen molar-refractivity contribution in [1.82, 2.24) is 0 Å². The molecule has 0 aromatic heterocycles. The number of carbonyl (C=O) groups is 2. The van der Waals surface area contributed by atoms with E-state index in [0.717, 1.165) is 30.4 Å². The summed E-state index contributed by atoms with van der Waals surface area (Å²) in [4.78, 5) is 25.2. The van der Waals surface area contributed by atoms with Gasteiger partial charge in [0.1, 0.15) is 12.7 Å². The number of allylic oxidation sites excluding steroid dienone is 4. The number of Topliss-reactive ketones (excluding diaryl/α,β-unsaturated/α-hetero) is 1. The van der Waals surface area contributed by atoms with Gasteiger partial charge in [0.05, 0.1) is 6.10 Å². The Labute approximate surface area is 183 Å². The summed E-state index contributed by atoms with van der Waals surface area (Å²) < 4.78 is 12.5. The van der Waals surface area contributed by atoms with Gasteiger partial charge in [-0.05, 0) is 43.8 Å². The van der Waals surface area contributed by atoms with Crippen molar-refractivity contribution in [3.8, 4) is 0 Å². The van der Waals surface area contributed by atoms with Crippen molar-refractivity contribution in [2.24, 2.45) is 22.7 Å². The summed E-state index contributed by atoms with van der Waals surface area (Å²) in [6.45, 7) is 5.53. The molecule has 168 valence electrons. The highest BCUT2D eigenvalue weighted by Crippen LogP contribution is 2.67. The number of aliphatic hydroxyl groups excluding tert-OH is 2. The van der Waals surface area contributed by atoms with Crippen LogP contribution in [0.2, 0.25) is 0 Å². The molecule has 5 rings (SSSR count). The molecule has 1 saturated heterocycles. The van der Waals surface area contributed by atoms with Gasteiger partial charge in [-0.3, -0.25) is 9.59 Å². The first-order valence-electron chi connectivity index (χ1n) is 11.5. The van der Waals surface area contributed by atoms with E-state index in [1.165, 1.54) is 0 Å². The number of hydrogen-bond acceptors (Lipinski definition) is 6. The topological polar surface area (TPSA) is 93.1 Å². The predicted octanol–water partition coefficient (Wildman–Crippen LogP) is 2.64. The largest absolute Gasteiger partial charge is 0.393 e. The minimum Gasteiger partial charge on any atom is -0.393 e. The van der Waals surface area contributed by atoms with Crippen LogP contribution in [0.25, 0.3) is 0 Å².